The van der Waals surface area contributed by atoms with Crippen molar-refractivity contribution in [1.29, 1.82) is 0 Å². The van der Waals surface area contributed by atoms with Crippen LogP contribution in [0.25, 0.3) is 0 Å². The van der Waals surface area contributed by atoms with Crippen LogP contribution in [0.5, 0.6) is 0 Å². The Morgan fingerprint density at radius 1 is 0.346 bits per heavy atom. The van der Waals surface area contributed by atoms with Crippen LogP contribution < -0.4 is 0 Å². The maximum absolute atomic E-state index is 14.2. The summed E-state index contributed by atoms with van der Waals surface area (Å²) in [4.78, 5) is 51.9. The molecule has 52 heavy (non-hydrogen) atoms. The average Bonchev–Trinajstić information content (AvgIpc) is 3.81. The van der Waals surface area contributed by atoms with Crippen LogP contribution in [-0.4, -0.2) is 88.3 Å². The second-order valence-electron chi connectivity index (χ2n) is 15.9. The normalized spacial score (nSPS) is 61.2. The number of carbonyl (C=O) groups is 4. The Bertz CT molecular complexity index is 1860. The van der Waals surface area contributed by atoms with E-state index < -0.39 is 159 Å². The average molecular weight is 1020 g/mol. The smallest absolute Gasteiger partial charge is 0.450 e. The first-order chi connectivity index (χ1) is 23.5. The maximum Gasteiger partial charge on any atom is 0.490 e. The van der Waals surface area contributed by atoms with E-state index in [4.69, 9.17) is 18.9 Å². The molecule has 0 spiro atoms. The van der Waals surface area contributed by atoms with E-state index in [-0.39, 0.29) is 0 Å². The number of rotatable bonds is 4. The minimum Gasteiger partial charge on any atom is -0.450 e. The van der Waals surface area contributed by atoms with Crippen molar-refractivity contribution in [3.8, 4) is 0 Å². The van der Waals surface area contributed by atoms with Gasteiger partial charge in [-0.1, -0.05) is 63.7 Å². The monoisotopic (exact) mass is 1020 g/mol. The Labute approximate surface area is 312 Å². The molecule has 0 aromatic rings. The molecule has 0 aromatic carbocycles. The van der Waals surface area contributed by atoms with E-state index in [2.05, 4.69) is 63.7 Å². The molecule has 0 bridgehead atoms. The first kappa shape index (κ1) is 34.2. The van der Waals surface area contributed by atoms with E-state index in [0.29, 0.717) is 0 Å². The quantitative estimate of drug-likeness (QED) is 0.159. The molecule has 0 radical (unpaired) electrons. The van der Waals surface area contributed by atoms with Crippen molar-refractivity contribution >= 4 is 87.6 Å². The van der Waals surface area contributed by atoms with E-state index in [1.165, 1.54) is 0 Å². The predicted octanol–water partition coefficient (Wildman–Crippen LogP) is 5.44. The fraction of sp³-hybridized carbons (Fsp3) is 0.857. The van der Waals surface area contributed by atoms with Crippen LogP contribution in [0.3, 0.4) is 0 Å². The second kappa shape index (κ2) is 7.92. The van der Waals surface area contributed by atoms with E-state index in [1.54, 1.807) is 0 Å². The molecule has 0 heterocycles. The van der Waals surface area contributed by atoms with Crippen molar-refractivity contribution in [3.63, 3.8) is 0 Å². The van der Waals surface area contributed by atoms with Gasteiger partial charge in [0.2, 0.25) is 0 Å². The molecule has 0 saturated heterocycles. The van der Waals surface area contributed by atoms with Crippen molar-refractivity contribution in [3.05, 3.63) is 0 Å². The molecule has 4 unspecified atom stereocenters. The molecule has 0 aliphatic heterocycles. The van der Waals surface area contributed by atoms with Crippen LogP contribution in [0.2, 0.25) is 0 Å². The van der Waals surface area contributed by atoms with E-state index >= 15 is 0 Å². The molecular weight excluding hydrogens is 1010 g/mol. The van der Waals surface area contributed by atoms with Gasteiger partial charge in [-0.05, 0) is 23.7 Å². The molecular formula is C28H12Br4F12O8. The summed E-state index contributed by atoms with van der Waals surface area (Å²) in [6.07, 6.45) is -23.0. The summed E-state index contributed by atoms with van der Waals surface area (Å²) in [6, 6.07) is 0. The summed E-state index contributed by atoms with van der Waals surface area (Å²) in [5.74, 6) is -29.7. The number of alkyl halides is 16. The molecule has 12 rings (SSSR count). The molecule has 12 saturated carbocycles. The third-order valence-electron chi connectivity index (χ3n) is 15.7. The number of halogens is 16. The van der Waals surface area contributed by atoms with Gasteiger partial charge in [0.25, 0.3) is 0 Å². The summed E-state index contributed by atoms with van der Waals surface area (Å²) in [6.45, 7) is 0. The number of esters is 4. The predicted molar refractivity (Wildman–Crippen MR) is 148 cm³/mol. The van der Waals surface area contributed by atoms with Gasteiger partial charge >= 0.3 is 48.6 Å². The van der Waals surface area contributed by atoms with Gasteiger partial charge in [0.15, 0.2) is 0 Å². The van der Waals surface area contributed by atoms with Crippen LogP contribution in [0.1, 0.15) is 0 Å². The van der Waals surface area contributed by atoms with Crippen molar-refractivity contribution in [2.75, 3.05) is 0 Å². The highest BCUT2D eigenvalue weighted by Gasteiger charge is 3.21. The summed E-state index contributed by atoms with van der Waals surface area (Å²) < 4.78 is 184. The molecule has 12 fully saturated rings. The molecule has 24 heteroatoms. The van der Waals surface area contributed by atoms with Gasteiger partial charge in [0.1, 0.15) is 22.4 Å². The van der Waals surface area contributed by atoms with Crippen molar-refractivity contribution in [2.24, 2.45) is 71.0 Å². The van der Waals surface area contributed by atoms with Crippen LogP contribution in [0, 0.1) is 71.0 Å². The fourth-order valence-electron chi connectivity index (χ4n) is 16.6. The highest BCUT2D eigenvalue weighted by atomic mass is 79.9. The second-order valence-corrected chi connectivity index (χ2v) is 21.2. The minimum absolute atomic E-state index is 1.21. The maximum atomic E-state index is 14.2. The molecule has 284 valence electrons. The lowest BCUT2D eigenvalue weighted by Gasteiger charge is -2.49. The zero-order valence-corrected chi connectivity index (χ0v) is 30.6. The first-order valence-electron chi connectivity index (χ1n) is 15.4. The van der Waals surface area contributed by atoms with Gasteiger partial charge in [-0.25, -0.2) is 19.2 Å². The van der Waals surface area contributed by atoms with Crippen molar-refractivity contribution in [1.82, 2.24) is 0 Å². The topological polar surface area (TPSA) is 105 Å². The molecule has 0 N–H and O–H groups in total. The Kier molecular flexibility index (Phi) is 5.21. The lowest BCUT2D eigenvalue weighted by atomic mass is 9.71. The van der Waals surface area contributed by atoms with Crippen molar-refractivity contribution in [2.45, 2.75) is 64.4 Å². The molecule has 8 nitrogen and oxygen atoms in total. The Balaban J connectivity index is 1.28. The van der Waals surface area contributed by atoms with Gasteiger partial charge in [0, 0.05) is 47.3 Å². The van der Waals surface area contributed by atoms with Gasteiger partial charge in [-0.15, -0.1) is 0 Å². The van der Waals surface area contributed by atoms with E-state index in [0.717, 1.165) is 0 Å². The largest absolute Gasteiger partial charge is 0.490 e. The van der Waals surface area contributed by atoms with Crippen LogP contribution >= 0.6 is 63.7 Å². The lowest BCUT2D eigenvalue weighted by Crippen LogP contribution is -2.64. The Morgan fingerprint density at radius 3 is 0.769 bits per heavy atom. The molecule has 12 aliphatic carbocycles. The van der Waals surface area contributed by atoms with Gasteiger partial charge in [-0.2, -0.15) is 52.7 Å². The first-order valence-corrected chi connectivity index (χ1v) is 18.6. The van der Waals surface area contributed by atoms with Gasteiger partial charge < -0.3 is 18.9 Å². The Morgan fingerprint density at radius 2 is 0.519 bits per heavy atom. The summed E-state index contributed by atoms with van der Waals surface area (Å²) in [5.41, 5.74) is -10.6. The number of hydrogen-bond donors (Lipinski definition) is 0. The number of ether oxygens (including phenoxy) is 4. The lowest BCUT2D eigenvalue weighted by molar-refractivity contribution is -0.238. The standard InChI is InChI=1S/C28H12Br4F12O8/c29-17-5-1-2-6(17)19(31)10-4-3-9(21(10,17)49-13(45)25(33,34)35)18(5,30)22(50-14(46)26(36,37)38)7(1)20(32)8(2)23(19,51-15(47)27(39,40)41)12(4)24(20,11(3)22)52-16(48)28(42,43)44/h1-12H/t1-,2-,3-,4-,5-,6+,7+,8-,9-,10+,11+,12-,17?,18+,19-,20?,21?,22-,23+,24?/m1/s1. The SMILES string of the molecule is O=C(OC12[C@H]3[C@H]4[C@H]5[C@@H]6C7(OC(=O)C(F)(F)F)[C@H]4[C@@]4(OC(=O)C(F)(F)F)[C@@H]8[C@@H]9[C@@H]%10[C@H](C1(Br)[C@H]9[C@@]34Br)[C@](Br)([C@@H]52)[C@@]6(OC(=O)C(F)(F)F)[C@@H]%10C87Br)C(F)(F)F. The fourth-order valence-corrected chi connectivity index (χ4v) is 24.8. The summed E-state index contributed by atoms with van der Waals surface area (Å²) >= 11 is 14.2. The van der Waals surface area contributed by atoms with Crippen LogP contribution in [-0.2, 0) is 38.1 Å². The molecule has 0 aromatic heterocycles. The highest BCUT2D eigenvalue weighted by Crippen LogP contribution is 3.11. The molecule has 0 amide bonds. The highest BCUT2D eigenvalue weighted by molar-refractivity contribution is 9.11. The third kappa shape index (κ3) is 2.44. The van der Waals surface area contributed by atoms with Crippen LogP contribution in [0.4, 0.5) is 52.7 Å². The number of hydrogen-bond acceptors (Lipinski definition) is 8. The van der Waals surface area contributed by atoms with Crippen LogP contribution in [0.15, 0.2) is 0 Å². The van der Waals surface area contributed by atoms with Gasteiger partial charge in [0.05, 0.1) is 17.3 Å². The van der Waals surface area contributed by atoms with Gasteiger partial charge in [-0.3, -0.25) is 0 Å². The molecule has 12 aliphatic rings. The zero-order valence-electron chi connectivity index (χ0n) is 24.2. The van der Waals surface area contributed by atoms with E-state index in [1.807, 2.05) is 0 Å². The number of carbonyl (C=O) groups excluding carboxylic acids is 4. The van der Waals surface area contributed by atoms with E-state index in [9.17, 15) is 71.9 Å². The summed E-state index contributed by atoms with van der Waals surface area (Å²) in [7, 11) is 0. The Hall–Kier alpha value is -1.04. The molecule has 20 atom stereocenters. The third-order valence-corrected chi connectivity index (χ3v) is 22.1. The minimum atomic E-state index is -5.81. The summed E-state index contributed by atoms with van der Waals surface area (Å²) in [5, 5.41) is 0. The zero-order chi connectivity index (χ0) is 38.1. The van der Waals surface area contributed by atoms with Crippen molar-refractivity contribution < 1.29 is 90.8 Å².